The Balaban J connectivity index is 1.68. The Morgan fingerprint density at radius 2 is 1.59 bits per heavy atom. The minimum atomic E-state index is -0.573. The third kappa shape index (κ3) is 3.65. The van der Waals surface area contributed by atoms with Crippen molar-refractivity contribution in [3.8, 4) is 0 Å². The Morgan fingerprint density at radius 3 is 2.06 bits per heavy atom. The van der Waals surface area contributed by atoms with Crippen LogP contribution in [0.2, 0.25) is 0 Å². The molecule has 2 aliphatic heterocycles. The van der Waals surface area contributed by atoms with Crippen molar-refractivity contribution in [2.45, 2.75) is 39.8 Å². The number of nitrogens with zero attached hydrogens (tertiary/aromatic N) is 2. The highest BCUT2D eigenvalue weighted by atomic mass is 19.1. The van der Waals surface area contributed by atoms with Gasteiger partial charge in [-0.1, -0.05) is 20.8 Å². The number of hydrogen-bond donors (Lipinski definition) is 0. The highest BCUT2D eigenvalue weighted by molar-refractivity contribution is 4.84. The normalized spacial score (nSPS) is 32.5. The number of rotatable bonds is 3. The Bertz CT molecular complexity index is 249. The van der Waals surface area contributed by atoms with Crippen molar-refractivity contribution in [2.75, 3.05) is 39.3 Å². The highest BCUT2D eigenvalue weighted by Gasteiger charge is 2.32. The zero-order valence-corrected chi connectivity index (χ0v) is 11.6. The van der Waals surface area contributed by atoms with Gasteiger partial charge >= 0.3 is 0 Å². The summed E-state index contributed by atoms with van der Waals surface area (Å²) in [6.07, 6.45) is 1.50. The third-order valence-electron chi connectivity index (χ3n) is 4.44. The van der Waals surface area contributed by atoms with Crippen LogP contribution in [0.4, 0.5) is 4.39 Å². The molecule has 0 N–H and O–H groups in total. The Hall–Kier alpha value is -0.150. The van der Waals surface area contributed by atoms with Crippen molar-refractivity contribution in [1.82, 2.24) is 9.80 Å². The minimum Gasteiger partial charge on any atom is -0.302 e. The standard InChI is InChI=1S/C14H27FN2/c1-14(2,3)12-4-6-16(10-12)8-9-17-7-5-13(15)11-17/h12-13H,4-11H2,1-3H3/t12-,13+/m0/s1. The molecule has 0 aromatic rings. The molecule has 0 radical (unpaired) electrons. The van der Waals surface area contributed by atoms with Gasteiger partial charge in [-0.25, -0.2) is 4.39 Å². The maximum Gasteiger partial charge on any atom is 0.114 e. The first-order valence-corrected chi connectivity index (χ1v) is 7.04. The predicted molar refractivity (Wildman–Crippen MR) is 70.0 cm³/mol. The quantitative estimate of drug-likeness (QED) is 0.750. The maximum absolute atomic E-state index is 13.0. The van der Waals surface area contributed by atoms with Crippen molar-refractivity contribution in [2.24, 2.45) is 11.3 Å². The molecule has 2 rings (SSSR count). The molecule has 0 amide bonds. The van der Waals surface area contributed by atoms with Crippen LogP contribution >= 0.6 is 0 Å². The van der Waals surface area contributed by atoms with Crippen LogP contribution in [-0.4, -0.2) is 55.2 Å². The molecule has 3 heteroatoms. The van der Waals surface area contributed by atoms with Crippen molar-refractivity contribution in [3.05, 3.63) is 0 Å². The summed E-state index contributed by atoms with van der Waals surface area (Å²) in [6, 6.07) is 0. The van der Waals surface area contributed by atoms with Crippen LogP contribution in [0.5, 0.6) is 0 Å². The first-order chi connectivity index (χ1) is 7.95. The average molecular weight is 242 g/mol. The lowest BCUT2D eigenvalue weighted by Crippen LogP contribution is -2.34. The van der Waals surface area contributed by atoms with Gasteiger partial charge in [0.15, 0.2) is 0 Å². The van der Waals surface area contributed by atoms with Crippen molar-refractivity contribution < 1.29 is 4.39 Å². The second-order valence-electron chi connectivity index (χ2n) is 6.84. The fourth-order valence-electron chi connectivity index (χ4n) is 3.01. The van der Waals surface area contributed by atoms with E-state index in [1.807, 2.05) is 0 Å². The Morgan fingerprint density at radius 1 is 1.00 bits per heavy atom. The Labute approximate surface area is 105 Å². The molecule has 100 valence electrons. The van der Waals surface area contributed by atoms with E-state index in [4.69, 9.17) is 0 Å². The number of halogens is 1. The molecule has 2 atom stereocenters. The van der Waals surface area contributed by atoms with E-state index in [-0.39, 0.29) is 0 Å². The van der Waals surface area contributed by atoms with E-state index in [9.17, 15) is 4.39 Å². The molecule has 0 saturated carbocycles. The fraction of sp³-hybridized carbons (Fsp3) is 1.00. The van der Waals surface area contributed by atoms with Crippen molar-refractivity contribution in [1.29, 1.82) is 0 Å². The van der Waals surface area contributed by atoms with Crippen LogP contribution in [0, 0.1) is 11.3 Å². The number of likely N-dealkylation sites (tertiary alicyclic amines) is 2. The molecule has 2 fully saturated rings. The van der Waals surface area contributed by atoms with Gasteiger partial charge < -0.3 is 4.90 Å². The first-order valence-electron chi connectivity index (χ1n) is 7.04. The summed E-state index contributed by atoms with van der Waals surface area (Å²) in [6.45, 7) is 13.3. The van der Waals surface area contributed by atoms with Gasteiger partial charge in [-0.15, -0.1) is 0 Å². The van der Waals surface area contributed by atoms with Gasteiger partial charge in [-0.3, -0.25) is 4.90 Å². The maximum atomic E-state index is 13.0. The van der Waals surface area contributed by atoms with Crippen molar-refractivity contribution in [3.63, 3.8) is 0 Å². The van der Waals surface area contributed by atoms with Gasteiger partial charge in [-0.2, -0.15) is 0 Å². The highest BCUT2D eigenvalue weighted by Crippen LogP contribution is 2.33. The SMILES string of the molecule is CC(C)(C)[C@H]1CCN(CCN2CC[C@@H](F)C2)C1. The molecular weight excluding hydrogens is 215 g/mol. The topological polar surface area (TPSA) is 6.48 Å². The molecule has 0 aliphatic carbocycles. The van der Waals surface area contributed by atoms with E-state index in [0.29, 0.717) is 12.0 Å². The van der Waals surface area contributed by atoms with Crippen molar-refractivity contribution >= 4 is 0 Å². The summed E-state index contributed by atoms with van der Waals surface area (Å²) in [5.74, 6) is 0.829. The Kier molecular flexibility index (Phi) is 4.09. The van der Waals surface area contributed by atoms with Gasteiger partial charge in [0, 0.05) is 32.7 Å². The van der Waals surface area contributed by atoms with Crippen LogP contribution in [-0.2, 0) is 0 Å². The molecule has 2 nitrogen and oxygen atoms in total. The summed E-state index contributed by atoms with van der Waals surface area (Å²) in [5, 5.41) is 0. The van der Waals surface area contributed by atoms with Crippen LogP contribution in [0.25, 0.3) is 0 Å². The summed E-state index contributed by atoms with van der Waals surface area (Å²) in [7, 11) is 0. The molecule has 2 heterocycles. The van der Waals surface area contributed by atoms with Gasteiger partial charge in [0.05, 0.1) is 0 Å². The number of hydrogen-bond acceptors (Lipinski definition) is 2. The summed E-state index contributed by atoms with van der Waals surface area (Å²) in [5.41, 5.74) is 0.437. The molecule has 2 aliphatic rings. The predicted octanol–water partition coefficient (Wildman–Crippen LogP) is 2.40. The summed E-state index contributed by atoms with van der Waals surface area (Å²) in [4.78, 5) is 4.83. The second kappa shape index (κ2) is 5.23. The van der Waals surface area contributed by atoms with E-state index >= 15 is 0 Å². The zero-order chi connectivity index (χ0) is 12.5. The first kappa shape index (κ1) is 13.3. The lowest BCUT2D eigenvalue weighted by atomic mass is 9.80. The minimum absolute atomic E-state index is 0.437. The summed E-state index contributed by atoms with van der Waals surface area (Å²) < 4.78 is 13.0. The van der Waals surface area contributed by atoms with E-state index in [1.54, 1.807) is 0 Å². The molecule has 0 spiro atoms. The van der Waals surface area contributed by atoms with Crippen LogP contribution in [0.1, 0.15) is 33.6 Å². The third-order valence-corrected chi connectivity index (χ3v) is 4.44. The summed E-state index contributed by atoms with van der Waals surface area (Å²) >= 11 is 0. The molecule has 17 heavy (non-hydrogen) atoms. The largest absolute Gasteiger partial charge is 0.302 e. The van der Waals surface area contributed by atoms with Gasteiger partial charge in [-0.05, 0) is 30.7 Å². The zero-order valence-electron chi connectivity index (χ0n) is 11.6. The number of alkyl halides is 1. The van der Waals surface area contributed by atoms with Gasteiger partial charge in [0.1, 0.15) is 6.17 Å². The lowest BCUT2D eigenvalue weighted by molar-refractivity contribution is 0.208. The molecular formula is C14H27FN2. The van der Waals surface area contributed by atoms with Crippen LogP contribution in [0.3, 0.4) is 0 Å². The van der Waals surface area contributed by atoms with E-state index < -0.39 is 6.17 Å². The molecule has 2 saturated heterocycles. The van der Waals surface area contributed by atoms with E-state index in [2.05, 4.69) is 30.6 Å². The van der Waals surface area contributed by atoms with E-state index in [1.165, 1.54) is 19.5 Å². The smallest absolute Gasteiger partial charge is 0.114 e. The molecule has 0 aromatic heterocycles. The van der Waals surface area contributed by atoms with E-state index in [0.717, 1.165) is 32.0 Å². The molecule has 0 aromatic carbocycles. The van der Waals surface area contributed by atoms with Gasteiger partial charge in [0.2, 0.25) is 0 Å². The molecule has 0 bridgehead atoms. The van der Waals surface area contributed by atoms with Gasteiger partial charge in [0.25, 0.3) is 0 Å². The monoisotopic (exact) mass is 242 g/mol. The fourth-order valence-corrected chi connectivity index (χ4v) is 3.01. The molecule has 0 unspecified atom stereocenters. The second-order valence-corrected chi connectivity index (χ2v) is 6.84. The van der Waals surface area contributed by atoms with Crippen LogP contribution < -0.4 is 0 Å². The lowest BCUT2D eigenvalue weighted by Gasteiger charge is -2.27. The average Bonchev–Trinajstić information content (AvgIpc) is 2.82. The van der Waals surface area contributed by atoms with Crippen LogP contribution in [0.15, 0.2) is 0 Å².